The van der Waals surface area contributed by atoms with Crippen molar-refractivity contribution in [2.75, 3.05) is 11.9 Å². The van der Waals surface area contributed by atoms with Gasteiger partial charge in [0.15, 0.2) is 0 Å². The zero-order valence-electron chi connectivity index (χ0n) is 18.6. The smallest absolute Gasteiger partial charge is 0.478 e. The molecule has 7 nitrogen and oxygen atoms in total. The quantitative estimate of drug-likeness (QED) is 0.210. The lowest BCUT2D eigenvalue weighted by Crippen LogP contribution is -2.29. The number of carboxylic acid groups (broad SMARTS) is 1. The van der Waals surface area contributed by atoms with Gasteiger partial charge >= 0.3 is 12.3 Å². The number of hydrogen-bond acceptors (Lipinski definition) is 5. The third-order valence-electron chi connectivity index (χ3n) is 5.50. The van der Waals surface area contributed by atoms with Gasteiger partial charge in [-0.15, -0.1) is 13.2 Å². The molecule has 0 heterocycles. The zero-order valence-corrected chi connectivity index (χ0v) is 18.6. The number of nitrogens with one attached hydrogen (secondary N) is 3. The highest BCUT2D eigenvalue weighted by molar-refractivity contribution is 6.12. The van der Waals surface area contributed by atoms with E-state index in [0.29, 0.717) is 18.2 Å². The van der Waals surface area contributed by atoms with E-state index in [-0.39, 0.29) is 35.2 Å². The number of alkyl halides is 3. The molecule has 2 aromatic carbocycles. The Labute approximate surface area is 198 Å². The van der Waals surface area contributed by atoms with Gasteiger partial charge in [0.05, 0.1) is 11.0 Å². The molecule has 0 saturated heterocycles. The zero-order chi connectivity index (χ0) is 25.8. The summed E-state index contributed by atoms with van der Waals surface area (Å²) < 4.78 is 55.5. The fourth-order valence-electron chi connectivity index (χ4n) is 3.65. The van der Waals surface area contributed by atoms with Crippen LogP contribution >= 0.6 is 0 Å². The molecule has 1 aliphatic rings. The Morgan fingerprint density at radius 1 is 1.17 bits per heavy atom. The molecule has 1 fully saturated rings. The van der Waals surface area contributed by atoms with Crippen LogP contribution in [-0.2, 0) is 10.2 Å². The van der Waals surface area contributed by atoms with Crippen molar-refractivity contribution in [3.05, 3.63) is 65.1 Å². The highest BCUT2D eigenvalue weighted by Gasteiger charge is 2.53. The number of carbonyl (C=O) groups is 2. The van der Waals surface area contributed by atoms with E-state index in [0.717, 1.165) is 24.8 Å². The Balaban J connectivity index is 1.85. The van der Waals surface area contributed by atoms with E-state index in [1.807, 2.05) is 6.92 Å². The summed E-state index contributed by atoms with van der Waals surface area (Å²) in [6.07, 6.45) is -1.07. The Bertz CT molecular complexity index is 1170. The van der Waals surface area contributed by atoms with Gasteiger partial charge in [-0.3, -0.25) is 4.79 Å². The first-order valence-corrected chi connectivity index (χ1v) is 10.7. The second-order valence-electron chi connectivity index (χ2n) is 7.99. The Hall–Kier alpha value is -3.89. The molecule has 1 amide bonds. The molecule has 186 valence electrons. The van der Waals surface area contributed by atoms with E-state index >= 15 is 0 Å². The molecule has 0 atom stereocenters. The summed E-state index contributed by atoms with van der Waals surface area (Å²) in [5.74, 6) is -3.63. The molecule has 0 unspecified atom stereocenters. The molecule has 0 bridgehead atoms. The van der Waals surface area contributed by atoms with Crippen LogP contribution in [0, 0.1) is 11.2 Å². The third-order valence-corrected chi connectivity index (χ3v) is 5.50. The number of halogens is 4. The molecular formula is C24H23F4N3O4. The van der Waals surface area contributed by atoms with Crippen molar-refractivity contribution in [2.24, 2.45) is 0 Å². The van der Waals surface area contributed by atoms with Crippen molar-refractivity contribution < 1.29 is 37.0 Å². The van der Waals surface area contributed by atoms with Crippen LogP contribution in [0.5, 0.6) is 5.75 Å². The first-order valence-electron chi connectivity index (χ1n) is 10.7. The van der Waals surface area contributed by atoms with Gasteiger partial charge in [-0.25, -0.2) is 9.18 Å². The van der Waals surface area contributed by atoms with Gasteiger partial charge in [-0.05, 0) is 43.0 Å². The predicted molar refractivity (Wildman–Crippen MR) is 121 cm³/mol. The molecule has 0 aromatic heterocycles. The fraction of sp³-hybridized carbons (Fsp3) is 0.292. The summed E-state index contributed by atoms with van der Waals surface area (Å²) in [5.41, 5.74) is -0.772. The number of anilines is 1. The average Bonchev–Trinajstić information content (AvgIpc) is 3.58. The maximum absolute atomic E-state index is 14.6. The second-order valence-corrected chi connectivity index (χ2v) is 7.99. The van der Waals surface area contributed by atoms with Gasteiger partial charge < -0.3 is 25.9 Å². The van der Waals surface area contributed by atoms with Crippen LogP contribution < -0.4 is 15.4 Å². The standard InChI is InChI=1S/C24H23F4N3O4/c1-2-9-30-13-14(12-29)17-5-3-15(10-18(17)21(32)33)31-22(34)23(7-8-23)19-6-4-16(11-20(19)25)35-24(26,27)28/h3-6,10-13,29-30H,2,7-9H2,1H3,(H,31,34)(H,32,33)/b14-13+,29-12?. The maximum atomic E-state index is 14.6. The molecule has 35 heavy (non-hydrogen) atoms. The van der Waals surface area contributed by atoms with Crippen molar-refractivity contribution in [3.63, 3.8) is 0 Å². The molecule has 0 spiro atoms. The number of carboxylic acids is 1. The van der Waals surface area contributed by atoms with Gasteiger partial charge in [-0.1, -0.05) is 19.1 Å². The Kier molecular flexibility index (Phi) is 7.47. The van der Waals surface area contributed by atoms with Gasteiger partial charge in [0.2, 0.25) is 5.91 Å². The van der Waals surface area contributed by atoms with E-state index in [1.54, 1.807) is 0 Å². The first-order chi connectivity index (χ1) is 16.5. The monoisotopic (exact) mass is 493 g/mol. The molecule has 11 heteroatoms. The van der Waals surface area contributed by atoms with Crippen LogP contribution in [0.1, 0.15) is 47.7 Å². The predicted octanol–water partition coefficient (Wildman–Crippen LogP) is 5.08. The lowest BCUT2D eigenvalue weighted by atomic mass is 9.93. The topological polar surface area (TPSA) is 112 Å². The minimum Gasteiger partial charge on any atom is -0.478 e. The Morgan fingerprint density at radius 2 is 1.89 bits per heavy atom. The normalized spacial score (nSPS) is 14.7. The van der Waals surface area contributed by atoms with Crippen molar-refractivity contribution >= 4 is 29.4 Å². The van der Waals surface area contributed by atoms with E-state index in [9.17, 15) is 32.3 Å². The van der Waals surface area contributed by atoms with Crippen LogP contribution in [-0.4, -0.2) is 36.1 Å². The van der Waals surface area contributed by atoms with Crippen LogP contribution in [0.25, 0.3) is 5.57 Å². The van der Waals surface area contributed by atoms with Crippen molar-refractivity contribution in [1.29, 1.82) is 5.41 Å². The van der Waals surface area contributed by atoms with Gasteiger partial charge in [0, 0.05) is 41.8 Å². The first kappa shape index (κ1) is 25.7. The largest absolute Gasteiger partial charge is 0.573 e. The fourth-order valence-corrected chi connectivity index (χ4v) is 3.65. The van der Waals surface area contributed by atoms with E-state index in [2.05, 4.69) is 15.4 Å². The van der Waals surface area contributed by atoms with Crippen LogP contribution in [0.15, 0.2) is 42.6 Å². The summed E-state index contributed by atoms with van der Waals surface area (Å²) in [6, 6.07) is 6.74. The molecule has 2 aromatic rings. The van der Waals surface area contributed by atoms with E-state index < -0.39 is 35.2 Å². The number of aromatic carboxylic acids is 1. The van der Waals surface area contributed by atoms with E-state index in [4.69, 9.17) is 5.41 Å². The van der Waals surface area contributed by atoms with Crippen LogP contribution in [0.4, 0.5) is 23.2 Å². The van der Waals surface area contributed by atoms with Gasteiger partial charge in [0.1, 0.15) is 11.6 Å². The molecule has 0 aliphatic heterocycles. The number of ether oxygens (including phenoxy) is 1. The van der Waals surface area contributed by atoms with Gasteiger partial charge in [0.25, 0.3) is 0 Å². The summed E-state index contributed by atoms with van der Waals surface area (Å²) in [7, 11) is 0. The molecule has 0 radical (unpaired) electrons. The summed E-state index contributed by atoms with van der Waals surface area (Å²) in [4.78, 5) is 24.8. The maximum Gasteiger partial charge on any atom is 0.573 e. The lowest BCUT2D eigenvalue weighted by Gasteiger charge is -2.18. The van der Waals surface area contributed by atoms with Crippen molar-refractivity contribution in [3.8, 4) is 5.75 Å². The lowest BCUT2D eigenvalue weighted by molar-refractivity contribution is -0.274. The third kappa shape index (κ3) is 5.97. The highest BCUT2D eigenvalue weighted by Crippen LogP contribution is 2.50. The van der Waals surface area contributed by atoms with Crippen molar-refractivity contribution in [1.82, 2.24) is 5.32 Å². The summed E-state index contributed by atoms with van der Waals surface area (Å²) >= 11 is 0. The second kappa shape index (κ2) is 10.2. The molecule has 4 N–H and O–H groups in total. The minimum absolute atomic E-state index is 0.0735. The number of carbonyl (C=O) groups excluding carboxylic acids is 1. The molecule has 1 aliphatic carbocycles. The number of rotatable bonds is 10. The highest BCUT2D eigenvalue weighted by atomic mass is 19.4. The Morgan fingerprint density at radius 3 is 2.43 bits per heavy atom. The average molecular weight is 493 g/mol. The number of amides is 1. The summed E-state index contributed by atoms with van der Waals surface area (Å²) in [5, 5.41) is 22.8. The molecule has 1 saturated carbocycles. The SMILES string of the molecule is CCCN/C=C(\C=N)c1ccc(NC(=O)C2(c3ccc(OC(F)(F)F)cc3F)CC2)cc1C(=O)O. The van der Waals surface area contributed by atoms with Crippen LogP contribution in [0.3, 0.4) is 0 Å². The van der Waals surface area contributed by atoms with Crippen molar-refractivity contribution in [2.45, 2.75) is 38.0 Å². The summed E-state index contributed by atoms with van der Waals surface area (Å²) in [6.45, 7) is 2.59. The molecular weight excluding hydrogens is 470 g/mol. The number of hydrogen-bond donors (Lipinski definition) is 4. The van der Waals surface area contributed by atoms with E-state index in [1.165, 1.54) is 24.4 Å². The number of allylic oxidation sites excluding steroid dienone is 1. The van der Waals surface area contributed by atoms with Gasteiger partial charge in [-0.2, -0.15) is 0 Å². The van der Waals surface area contributed by atoms with Crippen LogP contribution in [0.2, 0.25) is 0 Å². The molecule has 3 rings (SSSR count). The number of benzene rings is 2. The minimum atomic E-state index is -4.98.